The molecule has 26 heavy (non-hydrogen) atoms. The summed E-state index contributed by atoms with van der Waals surface area (Å²) in [5.41, 5.74) is 9.37. The van der Waals surface area contributed by atoms with Gasteiger partial charge in [0, 0.05) is 28.9 Å². The molecule has 0 aliphatic rings. The Morgan fingerprint density at radius 3 is 2.27 bits per heavy atom. The molecule has 3 nitrogen and oxygen atoms in total. The summed E-state index contributed by atoms with van der Waals surface area (Å²) in [6.07, 6.45) is 10.7. The summed E-state index contributed by atoms with van der Waals surface area (Å²) in [6.45, 7) is 3.32. The number of nitrogens with zero attached hydrogens (tertiary/aromatic N) is 1. The van der Waals surface area contributed by atoms with Gasteiger partial charge in [0.05, 0.1) is 18.3 Å². The molecule has 0 spiro atoms. The number of fused-ring (bicyclic) bond motifs is 3. The predicted octanol–water partition coefficient (Wildman–Crippen LogP) is 6.53. The van der Waals surface area contributed by atoms with Crippen LogP contribution in [0.5, 0.6) is 5.75 Å². The van der Waals surface area contributed by atoms with Crippen molar-refractivity contribution in [2.45, 2.75) is 64.8 Å². The summed E-state index contributed by atoms with van der Waals surface area (Å²) in [7, 11) is 1.68. The molecule has 3 heteroatoms. The number of anilines is 1. The van der Waals surface area contributed by atoms with Crippen molar-refractivity contribution in [1.29, 1.82) is 0 Å². The Labute approximate surface area is 157 Å². The number of para-hydroxylation sites is 1. The quantitative estimate of drug-likeness (QED) is 0.333. The molecule has 0 bridgehead atoms. The second-order valence-corrected chi connectivity index (χ2v) is 7.25. The van der Waals surface area contributed by atoms with E-state index in [1.165, 1.54) is 73.2 Å². The van der Waals surface area contributed by atoms with Crippen LogP contribution in [0.1, 0.15) is 58.3 Å². The summed E-state index contributed by atoms with van der Waals surface area (Å²) < 4.78 is 7.89. The summed E-state index contributed by atoms with van der Waals surface area (Å²) in [4.78, 5) is 0. The molecule has 2 N–H and O–H groups in total. The van der Waals surface area contributed by atoms with Crippen molar-refractivity contribution >= 4 is 27.5 Å². The first-order valence-electron chi connectivity index (χ1n) is 10.1. The molecule has 0 amide bonds. The number of rotatable bonds is 10. The Hall–Kier alpha value is -2.16. The highest BCUT2D eigenvalue weighted by Gasteiger charge is 2.13. The number of unbranched alkanes of at least 4 members (excludes halogenated alkanes) is 7. The highest BCUT2D eigenvalue weighted by atomic mass is 16.5. The van der Waals surface area contributed by atoms with Crippen LogP contribution in [0.2, 0.25) is 0 Å². The fraction of sp³-hybridized carbons (Fsp3) is 0.478. The Balaban J connectivity index is 1.74. The first-order valence-corrected chi connectivity index (χ1v) is 10.1. The van der Waals surface area contributed by atoms with Gasteiger partial charge in [0.2, 0.25) is 0 Å². The molecule has 1 heterocycles. The molecule has 0 saturated heterocycles. The van der Waals surface area contributed by atoms with Gasteiger partial charge in [-0.15, -0.1) is 0 Å². The molecule has 0 aliphatic heterocycles. The van der Waals surface area contributed by atoms with Gasteiger partial charge in [-0.05, 0) is 18.6 Å². The van der Waals surface area contributed by atoms with E-state index in [0.29, 0.717) is 5.69 Å². The van der Waals surface area contributed by atoms with Gasteiger partial charge >= 0.3 is 0 Å². The normalized spacial score (nSPS) is 11.5. The molecular formula is C23H32N2O. The summed E-state index contributed by atoms with van der Waals surface area (Å²) in [5, 5.41) is 2.50. The van der Waals surface area contributed by atoms with Gasteiger partial charge in [0.1, 0.15) is 5.75 Å². The van der Waals surface area contributed by atoms with Crippen molar-refractivity contribution in [3.63, 3.8) is 0 Å². The second kappa shape index (κ2) is 8.98. The molecule has 3 rings (SSSR count). The van der Waals surface area contributed by atoms with Crippen molar-refractivity contribution in [1.82, 2.24) is 4.57 Å². The number of nitrogens with two attached hydrogens (primary N) is 1. The third kappa shape index (κ3) is 3.98. The molecule has 0 aliphatic carbocycles. The smallest absolute Gasteiger partial charge is 0.143 e. The van der Waals surface area contributed by atoms with E-state index in [9.17, 15) is 0 Å². The van der Waals surface area contributed by atoms with Crippen molar-refractivity contribution in [2.75, 3.05) is 12.8 Å². The zero-order valence-electron chi connectivity index (χ0n) is 16.3. The Morgan fingerprint density at radius 2 is 1.54 bits per heavy atom. The standard InChI is InChI=1S/C23H32N2O/c1-3-4-5-6-7-8-9-12-15-25-21-14-11-10-13-18(21)19-16-20(24)23(26-2)17-22(19)25/h10-11,13-14,16-17H,3-9,12,15,24H2,1-2H3. The van der Waals surface area contributed by atoms with Gasteiger partial charge in [-0.25, -0.2) is 0 Å². The van der Waals surface area contributed by atoms with E-state index >= 15 is 0 Å². The lowest BCUT2D eigenvalue weighted by Crippen LogP contribution is -1.99. The van der Waals surface area contributed by atoms with E-state index in [4.69, 9.17) is 10.5 Å². The van der Waals surface area contributed by atoms with E-state index in [1.807, 2.05) is 0 Å². The minimum atomic E-state index is 0.704. The number of methoxy groups -OCH3 is 1. The summed E-state index contributed by atoms with van der Waals surface area (Å²) in [6, 6.07) is 12.8. The van der Waals surface area contributed by atoms with Gasteiger partial charge in [-0.2, -0.15) is 0 Å². The molecule has 0 saturated carbocycles. The first kappa shape index (κ1) is 18.6. The van der Waals surface area contributed by atoms with Crippen molar-refractivity contribution in [3.05, 3.63) is 36.4 Å². The first-order chi connectivity index (χ1) is 12.8. The number of hydrogen-bond acceptors (Lipinski definition) is 2. The van der Waals surface area contributed by atoms with Crippen molar-refractivity contribution in [3.8, 4) is 5.75 Å². The van der Waals surface area contributed by atoms with Crippen LogP contribution in [0.3, 0.4) is 0 Å². The van der Waals surface area contributed by atoms with E-state index < -0.39 is 0 Å². The van der Waals surface area contributed by atoms with Crippen LogP contribution in [0, 0.1) is 0 Å². The monoisotopic (exact) mass is 352 g/mol. The third-order valence-electron chi connectivity index (χ3n) is 5.36. The molecule has 140 valence electrons. The maximum absolute atomic E-state index is 6.15. The average Bonchev–Trinajstić information content (AvgIpc) is 2.96. The number of ether oxygens (including phenoxy) is 1. The molecule has 3 aromatic rings. The minimum Gasteiger partial charge on any atom is -0.495 e. The second-order valence-electron chi connectivity index (χ2n) is 7.25. The lowest BCUT2D eigenvalue weighted by molar-refractivity contribution is 0.417. The van der Waals surface area contributed by atoms with Crippen LogP contribution >= 0.6 is 0 Å². The van der Waals surface area contributed by atoms with Gasteiger partial charge in [0.15, 0.2) is 0 Å². The highest BCUT2D eigenvalue weighted by Crippen LogP contribution is 2.35. The number of nitrogen functional groups attached to an aromatic ring is 1. The van der Waals surface area contributed by atoms with Gasteiger partial charge < -0.3 is 15.0 Å². The molecule has 0 atom stereocenters. The number of hydrogen-bond donors (Lipinski definition) is 1. The SMILES string of the molecule is CCCCCCCCCCn1c2ccccc2c2cc(N)c(OC)cc21. The largest absolute Gasteiger partial charge is 0.495 e. The van der Waals surface area contributed by atoms with Crippen LogP contribution in [0.4, 0.5) is 5.69 Å². The molecule has 2 aromatic carbocycles. The molecule has 0 fully saturated rings. The predicted molar refractivity (Wildman–Crippen MR) is 113 cm³/mol. The minimum absolute atomic E-state index is 0.704. The number of benzene rings is 2. The van der Waals surface area contributed by atoms with E-state index in [0.717, 1.165) is 12.3 Å². The Bertz CT molecular complexity index is 850. The molecule has 1 aromatic heterocycles. The topological polar surface area (TPSA) is 40.2 Å². The Kier molecular flexibility index (Phi) is 6.43. The fourth-order valence-electron chi connectivity index (χ4n) is 3.91. The van der Waals surface area contributed by atoms with Crippen LogP contribution in [0.25, 0.3) is 21.8 Å². The lowest BCUT2D eigenvalue weighted by atomic mass is 10.1. The fourth-order valence-corrected chi connectivity index (χ4v) is 3.91. The summed E-state index contributed by atoms with van der Waals surface area (Å²) in [5.74, 6) is 0.762. The summed E-state index contributed by atoms with van der Waals surface area (Å²) >= 11 is 0. The maximum Gasteiger partial charge on any atom is 0.143 e. The van der Waals surface area contributed by atoms with Gasteiger partial charge in [-0.1, -0.05) is 70.1 Å². The number of aromatic nitrogens is 1. The van der Waals surface area contributed by atoms with Crippen LogP contribution in [0.15, 0.2) is 36.4 Å². The zero-order valence-corrected chi connectivity index (χ0v) is 16.3. The van der Waals surface area contributed by atoms with E-state index in [1.54, 1.807) is 7.11 Å². The zero-order chi connectivity index (χ0) is 18.4. The maximum atomic E-state index is 6.15. The Morgan fingerprint density at radius 1 is 0.846 bits per heavy atom. The third-order valence-corrected chi connectivity index (χ3v) is 5.36. The van der Waals surface area contributed by atoms with Gasteiger partial charge in [-0.3, -0.25) is 0 Å². The van der Waals surface area contributed by atoms with Crippen LogP contribution in [-0.2, 0) is 6.54 Å². The average molecular weight is 353 g/mol. The molecule has 0 radical (unpaired) electrons. The van der Waals surface area contributed by atoms with Crippen LogP contribution < -0.4 is 10.5 Å². The van der Waals surface area contributed by atoms with Crippen molar-refractivity contribution in [2.24, 2.45) is 0 Å². The number of aryl methyl sites for hydroxylation is 1. The molecular weight excluding hydrogens is 320 g/mol. The highest BCUT2D eigenvalue weighted by molar-refractivity contribution is 6.09. The van der Waals surface area contributed by atoms with Crippen molar-refractivity contribution < 1.29 is 4.74 Å². The van der Waals surface area contributed by atoms with Gasteiger partial charge in [0.25, 0.3) is 0 Å². The van der Waals surface area contributed by atoms with Crippen LogP contribution in [-0.4, -0.2) is 11.7 Å². The van der Waals surface area contributed by atoms with E-state index in [-0.39, 0.29) is 0 Å². The lowest BCUT2D eigenvalue weighted by Gasteiger charge is -2.09. The van der Waals surface area contributed by atoms with E-state index in [2.05, 4.69) is 47.9 Å². The molecule has 0 unspecified atom stereocenters.